The normalized spacial score (nSPS) is 17.8. The van der Waals surface area contributed by atoms with Crippen LogP contribution >= 0.6 is 22.9 Å². The van der Waals surface area contributed by atoms with Crippen molar-refractivity contribution in [2.75, 3.05) is 49.1 Å². The Morgan fingerprint density at radius 1 is 0.951 bits per heavy atom. The van der Waals surface area contributed by atoms with Gasteiger partial charge >= 0.3 is 5.69 Å². The fourth-order valence-corrected chi connectivity index (χ4v) is 10.1. The number of halogens is 1. The first-order valence-corrected chi connectivity index (χ1v) is 21.9. The van der Waals surface area contributed by atoms with E-state index in [0.29, 0.717) is 46.7 Å². The monoisotopic (exact) mass is 862 g/mol. The van der Waals surface area contributed by atoms with Gasteiger partial charge in [0.1, 0.15) is 34.2 Å². The number of nitrogens with zero attached hydrogens (tertiary/aromatic N) is 7. The number of aromatic hydroxyl groups is 2. The quantitative estimate of drug-likeness (QED) is 0.0796. The summed E-state index contributed by atoms with van der Waals surface area (Å²) in [6, 6.07) is 17.8. The topological polar surface area (TPSA) is 181 Å². The number of rotatable bonds is 8. The molecule has 3 aliphatic rings. The number of carbonyl (C=O) groups is 1. The number of hydrogen-bond acceptors (Lipinski definition) is 11. The summed E-state index contributed by atoms with van der Waals surface area (Å²) in [5.41, 5.74) is 5.71. The number of piperazine rings is 1. The molecule has 14 nitrogen and oxygen atoms in total. The highest BCUT2D eigenvalue weighted by atomic mass is 35.5. The predicted molar refractivity (Wildman–Crippen MR) is 243 cm³/mol. The number of benzene rings is 3. The molecule has 5 heterocycles. The summed E-state index contributed by atoms with van der Waals surface area (Å²) in [6.45, 7) is 14.3. The van der Waals surface area contributed by atoms with E-state index in [0.717, 1.165) is 71.3 Å². The number of nitrogens with one attached hydrogen (secondary N) is 3. The van der Waals surface area contributed by atoms with E-state index >= 15 is 0 Å². The molecule has 0 bridgehead atoms. The average molecular weight is 863 g/mol. The predicted octanol–water partition coefficient (Wildman–Crippen LogP) is 7.30. The molecule has 318 valence electrons. The molecule has 61 heavy (non-hydrogen) atoms. The Labute approximate surface area is 363 Å². The van der Waals surface area contributed by atoms with Crippen LogP contribution in [-0.4, -0.2) is 109 Å². The lowest BCUT2D eigenvalue weighted by atomic mass is 9.98. The van der Waals surface area contributed by atoms with Crippen molar-refractivity contribution in [2.24, 2.45) is 4.99 Å². The summed E-state index contributed by atoms with van der Waals surface area (Å²) >= 11 is 7.80. The Morgan fingerprint density at radius 2 is 1.61 bits per heavy atom. The van der Waals surface area contributed by atoms with Crippen LogP contribution in [0.1, 0.15) is 73.1 Å². The van der Waals surface area contributed by atoms with Crippen LogP contribution in [-0.2, 0) is 4.79 Å². The number of H-pyrrole nitrogens is 1. The summed E-state index contributed by atoms with van der Waals surface area (Å²) in [5, 5.41) is 47.1. The molecule has 1 atom stereocenters. The lowest BCUT2D eigenvalue weighted by Crippen LogP contribution is -2.54. The highest BCUT2D eigenvalue weighted by Crippen LogP contribution is 2.41. The Bertz CT molecular complexity index is 2580. The number of aryl methyl sites for hydroxylation is 1. The van der Waals surface area contributed by atoms with Crippen molar-refractivity contribution >= 4 is 56.9 Å². The Balaban J connectivity index is 0.898. The van der Waals surface area contributed by atoms with E-state index in [4.69, 9.17) is 22.0 Å². The minimum Gasteiger partial charge on any atom is -0.508 e. The average Bonchev–Trinajstić information content (AvgIpc) is 3.72. The zero-order valence-electron chi connectivity index (χ0n) is 35.0. The molecule has 5 N–H and O–H groups in total. The summed E-state index contributed by atoms with van der Waals surface area (Å²) in [6.07, 6.45) is 1.77. The second-order valence-corrected chi connectivity index (χ2v) is 18.0. The maximum absolute atomic E-state index is 14.0. The second-order valence-electron chi connectivity index (χ2n) is 16.4. The van der Waals surface area contributed by atoms with Gasteiger partial charge in [0.15, 0.2) is 5.82 Å². The molecule has 5 aromatic rings. The highest BCUT2D eigenvalue weighted by molar-refractivity contribution is 7.17. The highest BCUT2D eigenvalue weighted by Gasteiger charge is 2.37. The molecule has 0 radical (unpaired) electrons. The number of aliphatic imine (C=N–C) groups is 1. The van der Waals surface area contributed by atoms with Gasteiger partial charge in [0.25, 0.3) is 0 Å². The molecule has 2 saturated heterocycles. The van der Waals surface area contributed by atoms with E-state index in [1.54, 1.807) is 29.2 Å². The van der Waals surface area contributed by atoms with E-state index in [2.05, 4.69) is 20.0 Å². The molecule has 0 saturated carbocycles. The number of hydrogen-bond donors (Lipinski definition) is 5. The van der Waals surface area contributed by atoms with Crippen molar-refractivity contribution in [3.8, 4) is 28.6 Å². The third-order valence-corrected chi connectivity index (χ3v) is 13.7. The van der Waals surface area contributed by atoms with Crippen molar-refractivity contribution in [1.29, 1.82) is 10.8 Å². The third kappa shape index (κ3) is 8.09. The Hall–Kier alpha value is -5.77. The molecule has 2 aromatic heterocycles. The first kappa shape index (κ1) is 41.9. The van der Waals surface area contributed by atoms with E-state index < -0.39 is 11.7 Å². The first-order valence-electron chi connectivity index (χ1n) is 20.7. The van der Waals surface area contributed by atoms with Crippen molar-refractivity contribution in [3.63, 3.8) is 0 Å². The molecule has 3 aliphatic heterocycles. The molecule has 8 rings (SSSR count). The molecule has 16 heteroatoms. The lowest BCUT2D eigenvalue weighted by molar-refractivity contribution is -0.132. The van der Waals surface area contributed by atoms with Gasteiger partial charge in [-0.15, -0.1) is 11.3 Å². The van der Waals surface area contributed by atoms with Gasteiger partial charge in [-0.3, -0.25) is 30.4 Å². The number of thiophene rings is 1. The van der Waals surface area contributed by atoms with E-state index in [1.165, 1.54) is 10.6 Å². The van der Waals surface area contributed by atoms with Crippen molar-refractivity contribution < 1.29 is 15.0 Å². The van der Waals surface area contributed by atoms with Gasteiger partial charge in [0.2, 0.25) is 5.91 Å². The Morgan fingerprint density at radius 3 is 2.25 bits per heavy atom. The molecule has 0 unspecified atom stereocenters. The van der Waals surface area contributed by atoms with Crippen molar-refractivity contribution in [1.82, 2.24) is 24.6 Å². The van der Waals surface area contributed by atoms with Gasteiger partial charge in [0.05, 0.1) is 23.4 Å². The SMILES string of the molecule is CC(=N)N1C(=N)[C@H](CC(=O)N2CCC(N3CCN(c4ccc(-n5c(-c6cc(C(C)C)c(O)cc6O)n[nH]c5=O)cc4)CC3)CC2)N=C(c2ccc(Cl)cc2)c2c1sc(C)c2C. The lowest BCUT2D eigenvalue weighted by Gasteiger charge is -2.43. The zero-order chi connectivity index (χ0) is 43.3. The number of carbonyl (C=O) groups excluding carboxylic acids is 1. The molecule has 3 aromatic carbocycles. The van der Waals surface area contributed by atoms with Crippen LogP contribution in [0.3, 0.4) is 0 Å². The minimum absolute atomic E-state index is 0.00356. The number of amidine groups is 2. The van der Waals surface area contributed by atoms with Crippen LogP contribution in [0.25, 0.3) is 17.1 Å². The van der Waals surface area contributed by atoms with Gasteiger partial charge < -0.3 is 20.0 Å². The van der Waals surface area contributed by atoms with Gasteiger partial charge in [-0.2, -0.15) is 5.10 Å². The number of amides is 1. The Kier molecular flexibility index (Phi) is 11.7. The van der Waals surface area contributed by atoms with Crippen LogP contribution < -0.4 is 15.5 Å². The minimum atomic E-state index is -0.758. The maximum atomic E-state index is 14.0. The van der Waals surface area contributed by atoms with Crippen molar-refractivity contribution in [3.05, 3.63) is 103 Å². The molecule has 0 aliphatic carbocycles. The fourth-order valence-electron chi connectivity index (χ4n) is 8.77. The van der Waals surface area contributed by atoms with Gasteiger partial charge in [-0.1, -0.05) is 37.6 Å². The first-order chi connectivity index (χ1) is 29.2. The van der Waals surface area contributed by atoms with Gasteiger partial charge in [-0.05, 0) is 93.1 Å². The smallest absolute Gasteiger partial charge is 0.348 e. The van der Waals surface area contributed by atoms with E-state index in [-0.39, 0.29) is 47.2 Å². The number of phenolic OH excluding ortho intramolecular Hbond substituents is 2. The van der Waals surface area contributed by atoms with Gasteiger partial charge in [-0.25, -0.2) is 14.5 Å². The number of anilines is 2. The summed E-state index contributed by atoms with van der Waals surface area (Å²) in [5.74, 6) is 0.380. The number of piperidine rings is 1. The van der Waals surface area contributed by atoms with Crippen molar-refractivity contribution in [2.45, 2.75) is 71.9 Å². The standard InChI is InChI=1S/C45H51ClN10O4S/c1-25(2)34-22-35(38(58)24-37(34)57)43-50-51-45(60)56(43)33-12-10-31(11-13-33)52-18-20-53(21-19-52)32-14-16-54(17-15-32)39(59)23-36-42(48)55(28(5)47)44-40(26(3)27(4)61-44)41(49-36)29-6-8-30(46)9-7-29/h6-13,22,24-25,32,36,47-48,57-58H,14-21,23H2,1-5H3,(H,51,60)/t36-/m0/s1. The van der Waals surface area contributed by atoms with Crippen LogP contribution in [0.2, 0.25) is 5.02 Å². The number of fused-ring (bicyclic) bond motifs is 1. The van der Waals surface area contributed by atoms with Crippen LogP contribution in [0.4, 0.5) is 10.7 Å². The number of aromatic nitrogens is 3. The van der Waals surface area contributed by atoms with E-state index in [1.807, 2.05) is 81.1 Å². The zero-order valence-corrected chi connectivity index (χ0v) is 36.6. The molecule has 2 fully saturated rings. The summed E-state index contributed by atoms with van der Waals surface area (Å²) in [7, 11) is 0. The van der Waals surface area contributed by atoms with Crippen LogP contribution in [0, 0.1) is 24.7 Å². The summed E-state index contributed by atoms with van der Waals surface area (Å²) in [4.78, 5) is 41.6. The van der Waals surface area contributed by atoms with Crippen LogP contribution in [0.15, 0.2) is 70.5 Å². The second kappa shape index (κ2) is 16.9. The van der Waals surface area contributed by atoms with Gasteiger partial charge in [0, 0.05) is 78.1 Å². The molecular weight excluding hydrogens is 812 g/mol. The molecular formula is C45H51ClN10O4S. The molecule has 1 amide bonds. The van der Waals surface area contributed by atoms with E-state index in [9.17, 15) is 25.2 Å². The molecule has 0 spiro atoms. The maximum Gasteiger partial charge on any atom is 0.348 e. The fraction of sp³-hybridized carbons (Fsp3) is 0.378. The third-order valence-electron chi connectivity index (χ3n) is 12.3. The largest absolute Gasteiger partial charge is 0.508 e. The number of phenols is 2. The summed E-state index contributed by atoms with van der Waals surface area (Å²) < 4.78 is 1.43. The number of aromatic amines is 1. The number of likely N-dealkylation sites (tertiary alicyclic amines) is 1. The van der Waals surface area contributed by atoms with Crippen LogP contribution in [0.5, 0.6) is 11.5 Å².